The number of hydrogen-bond donors (Lipinski definition) is 2. The van der Waals surface area contributed by atoms with Crippen LogP contribution in [0.5, 0.6) is 0 Å². The van der Waals surface area contributed by atoms with Gasteiger partial charge in [0.1, 0.15) is 11.9 Å². The normalized spacial score (nSPS) is 15.2. The molecule has 0 spiro atoms. The van der Waals surface area contributed by atoms with Gasteiger partial charge in [-0.2, -0.15) is 5.26 Å². The molecule has 0 bridgehead atoms. The number of nitrogens with zero attached hydrogens (tertiary/aromatic N) is 4. The molecule has 0 amide bonds. The van der Waals surface area contributed by atoms with Crippen molar-refractivity contribution in [2.45, 2.75) is 52.0 Å². The molecule has 8 nitrogen and oxygen atoms in total. The second-order valence-electron chi connectivity index (χ2n) is 8.69. The van der Waals surface area contributed by atoms with Gasteiger partial charge in [0.05, 0.1) is 30.2 Å². The van der Waals surface area contributed by atoms with E-state index in [0.29, 0.717) is 17.8 Å². The Morgan fingerprint density at radius 1 is 1.28 bits per heavy atom. The zero-order chi connectivity index (χ0) is 23.1. The Morgan fingerprint density at radius 3 is 2.62 bits per heavy atom. The fourth-order valence-corrected chi connectivity index (χ4v) is 4.01. The highest BCUT2D eigenvalue weighted by Crippen LogP contribution is 2.35. The Labute approximate surface area is 189 Å². The van der Waals surface area contributed by atoms with E-state index in [9.17, 15) is 9.90 Å². The minimum Gasteiger partial charge on any atom is -0.481 e. The maximum absolute atomic E-state index is 11.2. The van der Waals surface area contributed by atoms with Gasteiger partial charge in [-0.1, -0.05) is 26.8 Å². The van der Waals surface area contributed by atoms with Crippen LogP contribution in [-0.2, 0) is 9.53 Å². The lowest BCUT2D eigenvalue weighted by atomic mass is 9.95. The maximum atomic E-state index is 11.2. The lowest BCUT2D eigenvalue weighted by molar-refractivity contribution is -0.137. The fraction of sp³-hybridized carbons (Fsp3) is 0.500. The monoisotopic (exact) mass is 437 g/mol. The molecule has 0 radical (unpaired) electrons. The molecule has 3 rings (SSSR count). The summed E-state index contributed by atoms with van der Waals surface area (Å²) < 4.78 is 5.58. The highest BCUT2D eigenvalue weighted by Gasteiger charge is 2.25. The number of rotatable bonds is 9. The number of nitrogens with one attached hydrogen (secondary N) is 1. The second kappa shape index (κ2) is 10.9. The molecule has 2 aromatic rings. The SMILES string of the molecule is CC(C)CN(c1ccc(C(C)CC(=O)O)cc1Nc1cnc(C#N)cn1)C1CCOCC1. The zero-order valence-corrected chi connectivity index (χ0v) is 18.9. The Kier molecular flexibility index (Phi) is 8.01. The molecule has 8 heteroatoms. The Balaban J connectivity index is 2.00. The minimum absolute atomic E-state index is 0.0606. The third-order valence-corrected chi connectivity index (χ3v) is 5.60. The number of carboxylic acid groups (broad SMARTS) is 1. The van der Waals surface area contributed by atoms with Crippen LogP contribution < -0.4 is 10.2 Å². The summed E-state index contributed by atoms with van der Waals surface area (Å²) in [6.07, 6.45) is 4.95. The predicted octanol–water partition coefficient (Wildman–Crippen LogP) is 4.31. The summed E-state index contributed by atoms with van der Waals surface area (Å²) in [5.74, 6) is 0.0456. The molecule has 170 valence electrons. The van der Waals surface area contributed by atoms with E-state index in [1.54, 1.807) is 0 Å². The van der Waals surface area contributed by atoms with Crippen molar-refractivity contribution < 1.29 is 14.6 Å². The van der Waals surface area contributed by atoms with Gasteiger partial charge in [0.15, 0.2) is 5.69 Å². The third-order valence-electron chi connectivity index (χ3n) is 5.60. The first-order valence-electron chi connectivity index (χ1n) is 11.1. The molecule has 2 heterocycles. The third kappa shape index (κ3) is 6.17. The molecule has 1 unspecified atom stereocenters. The first-order valence-corrected chi connectivity index (χ1v) is 11.1. The first kappa shape index (κ1) is 23.5. The highest BCUT2D eigenvalue weighted by atomic mass is 16.5. The van der Waals surface area contributed by atoms with Crippen LogP contribution in [0.2, 0.25) is 0 Å². The number of benzene rings is 1. The van der Waals surface area contributed by atoms with Crippen LogP contribution in [0.4, 0.5) is 17.2 Å². The van der Waals surface area contributed by atoms with Gasteiger partial charge in [-0.05, 0) is 42.4 Å². The molecule has 32 heavy (non-hydrogen) atoms. The van der Waals surface area contributed by atoms with Crippen LogP contribution >= 0.6 is 0 Å². The standard InChI is InChI=1S/C24H31N5O3/c1-16(2)15-29(20-6-8-32-9-7-20)22-5-4-18(17(3)10-24(30)31)11-21(22)28-23-14-26-19(12-25)13-27-23/h4-5,11,13-14,16-17,20H,6-10,15H2,1-3H3,(H,27,28)(H,30,31). The molecular formula is C24H31N5O3. The topological polar surface area (TPSA) is 111 Å². The Bertz CT molecular complexity index is 949. The smallest absolute Gasteiger partial charge is 0.303 e. The lowest BCUT2D eigenvalue weighted by Crippen LogP contribution is -2.42. The largest absolute Gasteiger partial charge is 0.481 e. The zero-order valence-electron chi connectivity index (χ0n) is 18.9. The average molecular weight is 438 g/mol. The van der Waals surface area contributed by atoms with E-state index < -0.39 is 5.97 Å². The highest BCUT2D eigenvalue weighted by molar-refractivity contribution is 5.76. The number of ether oxygens (including phenoxy) is 1. The Hall–Kier alpha value is -3.18. The molecule has 1 atom stereocenters. The fourth-order valence-electron chi connectivity index (χ4n) is 4.01. The summed E-state index contributed by atoms with van der Waals surface area (Å²) in [5, 5.41) is 21.6. The number of aliphatic carboxylic acids is 1. The van der Waals surface area contributed by atoms with Gasteiger partial charge in [-0.25, -0.2) is 9.97 Å². The summed E-state index contributed by atoms with van der Waals surface area (Å²) in [6, 6.07) is 8.44. The van der Waals surface area contributed by atoms with E-state index in [1.165, 1.54) is 12.4 Å². The number of carboxylic acids is 1. The summed E-state index contributed by atoms with van der Waals surface area (Å²) in [4.78, 5) is 22.1. The number of nitriles is 1. The van der Waals surface area contributed by atoms with Gasteiger partial charge in [-0.15, -0.1) is 0 Å². The second-order valence-corrected chi connectivity index (χ2v) is 8.69. The molecule has 2 N–H and O–H groups in total. The van der Waals surface area contributed by atoms with Crippen molar-refractivity contribution >= 4 is 23.2 Å². The quantitative estimate of drug-likeness (QED) is 0.597. The summed E-state index contributed by atoms with van der Waals surface area (Å²) in [7, 11) is 0. The molecule has 1 aliphatic heterocycles. The van der Waals surface area contributed by atoms with Crippen molar-refractivity contribution in [1.82, 2.24) is 9.97 Å². The van der Waals surface area contributed by atoms with Crippen LogP contribution in [-0.4, -0.2) is 46.8 Å². The van der Waals surface area contributed by atoms with E-state index in [0.717, 1.165) is 49.5 Å². The maximum Gasteiger partial charge on any atom is 0.303 e. The predicted molar refractivity (Wildman–Crippen MR) is 123 cm³/mol. The average Bonchev–Trinajstić information content (AvgIpc) is 2.78. The molecule has 1 aliphatic rings. The number of carbonyl (C=O) groups is 1. The molecule has 1 aromatic carbocycles. The van der Waals surface area contributed by atoms with Crippen molar-refractivity contribution in [2.75, 3.05) is 30.0 Å². The van der Waals surface area contributed by atoms with Crippen molar-refractivity contribution in [3.05, 3.63) is 41.9 Å². The summed E-state index contributed by atoms with van der Waals surface area (Å²) in [5.41, 5.74) is 3.09. The number of aromatic nitrogens is 2. The van der Waals surface area contributed by atoms with Crippen LogP contribution in [0.1, 0.15) is 57.2 Å². The molecule has 0 aliphatic carbocycles. The summed E-state index contributed by atoms with van der Waals surface area (Å²) in [6.45, 7) is 8.71. The molecule has 1 fully saturated rings. The Morgan fingerprint density at radius 2 is 2.03 bits per heavy atom. The van der Waals surface area contributed by atoms with Gasteiger partial charge in [-0.3, -0.25) is 4.79 Å². The molecular weight excluding hydrogens is 406 g/mol. The van der Waals surface area contributed by atoms with E-state index in [4.69, 9.17) is 10.00 Å². The van der Waals surface area contributed by atoms with Gasteiger partial charge in [0.2, 0.25) is 0 Å². The van der Waals surface area contributed by atoms with Gasteiger partial charge < -0.3 is 20.1 Å². The van der Waals surface area contributed by atoms with Gasteiger partial charge in [0.25, 0.3) is 0 Å². The van der Waals surface area contributed by atoms with Gasteiger partial charge in [0, 0.05) is 25.8 Å². The van der Waals surface area contributed by atoms with Crippen molar-refractivity contribution in [1.29, 1.82) is 5.26 Å². The van der Waals surface area contributed by atoms with E-state index in [1.807, 2.05) is 25.1 Å². The molecule has 0 saturated carbocycles. The van der Waals surface area contributed by atoms with E-state index in [2.05, 4.69) is 40.1 Å². The lowest BCUT2D eigenvalue weighted by Gasteiger charge is -2.38. The van der Waals surface area contributed by atoms with Crippen LogP contribution in [0, 0.1) is 17.2 Å². The van der Waals surface area contributed by atoms with E-state index in [-0.39, 0.29) is 18.0 Å². The van der Waals surface area contributed by atoms with Crippen LogP contribution in [0.3, 0.4) is 0 Å². The molecule has 1 saturated heterocycles. The number of hydrogen-bond acceptors (Lipinski definition) is 7. The van der Waals surface area contributed by atoms with Crippen molar-refractivity contribution in [3.63, 3.8) is 0 Å². The van der Waals surface area contributed by atoms with E-state index >= 15 is 0 Å². The van der Waals surface area contributed by atoms with Crippen molar-refractivity contribution in [2.24, 2.45) is 5.92 Å². The van der Waals surface area contributed by atoms with Crippen LogP contribution in [0.15, 0.2) is 30.6 Å². The molecule has 1 aromatic heterocycles. The summed E-state index contributed by atoms with van der Waals surface area (Å²) >= 11 is 0. The van der Waals surface area contributed by atoms with Gasteiger partial charge >= 0.3 is 5.97 Å². The number of anilines is 3. The minimum atomic E-state index is -0.822. The van der Waals surface area contributed by atoms with Crippen LogP contribution in [0.25, 0.3) is 0 Å². The van der Waals surface area contributed by atoms with Crippen molar-refractivity contribution in [3.8, 4) is 6.07 Å². The first-order chi connectivity index (χ1) is 15.4.